The topological polar surface area (TPSA) is 121 Å². The molecule has 166 valence electrons. The van der Waals surface area contributed by atoms with E-state index in [4.69, 9.17) is 25.5 Å². The van der Waals surface area contributed by atoms with Crippen LogP contribution < -0.4 is 20.2 Å². The second-order valence-corrected chi connectivity index (χ2v) is 9.37. The van der Waals surface area contributed by atoms with Gasteiger partial charge in [-0.2, -0.15) is 0 Å². The molecular weight excluding hydrogens is 478 g/mol. The molecule has 1 fully saturated rings. The van der Waals surface area contributed by atoms with Crippen LogP contribution in [0.25, 0.3) is 0 Å². The van der Waals surface area contributed by atoms with Gasteiger partial charge in [-0.1, -0.05) is 34.7 Å². The molecule has 1 N–H and O–H groups in total. The van der Waals surface area contributed by atoms with E-state index in [9.17, 15) is 14.4 Å². The van der Waals surface area contributed by atoms with Crippen LogP contribution in [0, 0.1) is 5.92 Å². The number of hydrogen-bond donors (Lipinski definition) is 1. The largest absolute Gasteiger partial charge is 0.496 e. The van der Waals surface area contributed by atoms with Crippen molar-refractivity contribution in [2.75, 3.05) is 12.4 Å². The van der Waals surface area contributed by atoms with E-state index in [1.165, 1.54) is 48.4 Å². The van der Waals surface area contributed by atoms with Gasteiger partial charge in [0.05, 0.1) is 12.9 Å². The molecule has 0 aliphatic heterocycles. The van der Waals surface area contributed by atoms with E-state index >= 15 is 0 Å². The highest BCUT2D eigenvalue weighted by atomic mass is 35.5. The van der Waals surface area contributed by atoms with Gasteiger partial charge < -0.3 is 19.2 Å². The predicted octanol–water partition coefficient (Wildman–Crippen LogP) is 4.01. The number of carbonyl (C=O) groups excluding carboxylic acids is 2. The van der Waals surface area contributed by atoms with Crippen LogP contribution in [-0.2, 0) is 10.5 Å². The summed E-state index contributed by atoms with van der Waals surface area (Å²) >= 11 is 8.47. The van der Waals surface area contributed by atoms with Crippen LogP contribution in [0.2, 0.25) is 5.02 Å². The molecule has 1 aromatic carbocycles. The number of benzene rings is 1. The predicted molar refractivity (Wildman–Crippen MR) is 119 cm³/mol. The number of rotatable bonds is 8. The molecule has 2 aromatic heterocycles. The Morgan fingerprint density at radius 3 is 2.81 bits per heavy atom. The van der Waals surface area contributed by atoms with Gasteiger partial charge in [0.15, 0.2) is 4.34 Å². The molecule has 1 amide bonds. The first-order valence-electron chi connectivity index (χ1n) is 9.37. The number of methoxy groups -OCH3 is 1. The molecule has 32 heavy (non-hydrogen) atoms. The minimum atomic E-state index is -0.798. The third-order valence-corrected chi connectivity index (χ3v) is 6.59. The first-order chi connectivity index (χ1) is 15.4. The Labute approximate surface area is 195 Å². The number of thioether (sulfide) groups is 1. The lowest BCUT2D eigenvalue weighted by Crippen LogP contribution is -2.15. The van der Waals surface area contributed by atoms with E-state index in [0.717, 1.165) is 19.1 Å². The van der Waals surface area contributed by atoms with E-state index in [1.54, 1.807) is 6.07 Å². The summed E-state index contributed by atoms with van der Waals surface area (Å²) < 4.78 is 16.3. The second-order valence-electron chi connectivity index (χ2n) is 6.73. The maximum atomic E-state index is 12.4. The Balaban J connectivity index is 1.37. The van der Waals surface area contributed by atoms with E-state index in [2.05, 4.69) is 15.5 Å². The number of anilines is 1. The molecule has 12 heteroatoms. The van der Waals surface area contributed by atoms with Gasteiger partial charge in [0.25, 0.3) is 0 Å². The van der Waals surface area contributed by atoms with Crippen molar-refractivity contribution in [1.29, 1.82) is 0 Å². The number of aromatic nitrogens is 2. The van der Waals surface area contributed by atoms with Crippen molar-refractivity contribution in [3.05, 3.63) is 57.1 Å². The lowest BCUT2D eigenvalue weighted by atomic mass is 10.2. The summed E-state index contributed by atoms with van der Waals surface area (Å²) in [5, 5.41) is 11.4. The van der Waals surface area contributed by atoms with Gasteiger partial charge in [0, 0.05) is 17.0 Å². The summed E-state index contributed by atoms with van der Waals surface area (Å²) in [4.78, 5) is 36.6. The Morgan fingerprint density at radius 2 is 2.09 bits per heavy atom. The average molecular weight is 494 g/mol. The number of ether oxygens (including phenoxy) is 2. The van der Waals surface area contributed by atoms with Crippen LogP contribution in [0.5, 0.6) is 11.5 Å². The van der Waals surface area contributed by atoms with Crippen molar-refractivity contribution in [2.45, 2.75) is 22.9 Å². The monoisotopic (exact) mass is 493 g/mol. The van der Waals surface area contributed by atoms with E-state index in [-0.39, 0.29) is 28.9 Å². The van der Waals surface area contributed by atoms with Gasteiger partial charge in [-0.05, 0) is 31.0 Å². The SMILES string of the molecule is COc1ccc(Cl)cc1C(=O)Oc1coc(CSc2nnc(NC(=O)C3CC3)s2)cc1=O. The number of carbonyl (C=O) groups is 2. The first-order valence-corrected chi connectivity index (χ1v) is 11.6. The minimum Gasteiger partial charge on any atom is -0.496 e. The van der Waals surface area contributed by atoms with Crippen molar-refractivity contribution in [2.24, 2.45) is 5.92 Å². The summed E-state index contributed by atoms with van der Waals surface area (Å²) in [5.74, 6) is -0.0849. The third-order valence-electron chi connectivity index (χ3n) is 4.36. The van der Waals surface area contributed by atoms with Crippen molar-refractivity contribution >= 4 is 51.7 Å². The zero-order valence-corrected chi connectivity index (χ0v) is 19.0. The average Bonchev–Trinajstić information content (AvgIpc) is 3.54. The highest BCUT2D eigenvalue weighted by Gasteiger charge is 2.30. The molecule has 0 radical (unpaired) electrons. The van der Waals surface area contributed by atoms with E-state index < -0.39 is 11.4 Å². The van der Waals surface area contributed by atoms with Gasteiger partial charge in [0.2, 0.25) is 22.2 Å². The lowest BCUT2D eigenvalue weighted by molar-refractivity contribution is -0.117. The van der Waals surface area contributed by atoms with Crippen LogP contribution in [0.15, 0.2) is 44.1 Å². The number of hydrogen-bond acceptors (Lipinski definition) is 10. The normalized spacial score (nSPS) is 12.9. The van der Waals surface area contributed by atoms with Crippen LogP contribution in [0.4, 0.5) is 5.13 Å². The van der Waals surface area contributed by atoms with Gasteiger partial charge in [0.1, 0.15) is 23.3 Å². The maximum absolute atomic E-state index is 12.4. The fourth-order valence-corrected chi connectivity index (χ4v) is 4.41. The second kappa shape index (κ2) is 9.72. The van der Waals surface area contributed by atoms with Gasteiger partial charge in [-0.15, -0.1) is 10.2 Å². The summed E-state index contributed by atoms with van der Waals surface area (Å²) in [6.07, 6.45) is 2.89. The highest BCUT2D eigenvalue weighted by Crippen LogP contribution is 2.32. The number of halogens is 1. The molecule has 1 aliphatic carbocycles. The zero-order valence-electron chi connectivity index (χ0n) is 16.6. The van der Waals surface area contributed by atoms with Gasteiger partial charge >= 0.3 is 5.97 Å². The fraction of sp³-hybridized carbons (Fsp3) is 0.250. The molecule has 1 saturated carbocycles. The molecule has 4 rings (SSSR count). The van der Waals surface area contributed by atoms with E-state index in [1.807, 2.05) is 0 Å². The molecule has 0 atom stereocenters. The maximum Gasteiger partial charge on any atom is 0.347 e. The first kappa shape index (κ1) is 22.3. The van der Waals surface area contributed by atoms with Crippen molar-refractivity contribution < 1.29 is 23.5 Å². The molecular formula is C20H16ClN3O6S2. The molecule has 0 unspecified atom stereocenters. The summed E-state index contributed by atoms with van der Waals surface area (Å²) in [5.41, 5.74) is -0.435. The number of amides is 1. The van der Waals surface area contributed by atoms with Crippen LogP contribution in [0.3, 0.4) is 0 Å². The lowest BCUT2D eigenvalue weighted by Gasteiger charge is -2.08. The van der Waals surface area contributed by atoms with Gasteiger partial charge in [-0.25, -0.2) is 4.79 Å². The Morgan fingerprint density at radius 1 is 1.28 bits per heavy atom. The zero-order chi connectivity index (χ0) is 22.7. The van der Waals surface area contributed by atoms with Crippen LogP contribution in [-0.4, -0.2) is 29.2 Å². The molecule has 0 spiro atoms. The minimum absolute atomic E-state index is 0.0378. The third kappa shape index (κ3) is 5.47. The quantitative estimate of drug-likeness (QED) is 0.282. The molecule has 0 saturated heterocycles. The Bertz CT molecular complexity index is 1220. The van der Waals surface area contributed by atoms with Crippen molar-refractivity contribution in [3.8, 4) is 11.5 Å². The van der Waals surface area contributed by atoms with Crippen molar-refractivity contribution in [3.63, 3.8) is 0 Å². The fourth-order valence-electron chi connectivity index (χ4n) is 2.59. The number of nitrogens with one attached hydrogen (secondary N) is 1. The molecule has 9 nitrogen and oxygen atoms in total. The summed E-state index contributed by atoms with van der Waals surface area (Å²) in [6, 6.07) is 5.72. The number of nitrogens with zero attached hydrogens (tertiary/aromatic N) is 2. The summed E-state index contributed by atoms with van der Waals surface area (Å²) in [6.45, 7) is 0. The molecule has 1 aliphatic rings. The number of esters is 1. The van der Waals surface area contributed by atoms with Crippen molar-refractivity contribution in [1.82, 2.24) is 10.2 Å². The molecule has 3 aromatic rings. The van der Waals surface area contributed by atoms with Crippen LogP contribution >= 0.6 is 34.7 Å². The Hall–Kier alpha value is -2.89. The summed E-state index contributed by atoms with van der Waals surface area (Å²) in [7, 11) is 1.41. The Kier molecular flexibility index (Phi) is 6.77. The molecule has 2 heterocycles. The van der Waals surface area contributed by atoms with Gasteiger partial charge in [-0.3, -0.25) is 9.59 Å². The van der Waals surface area contributed by atoms with E-state index in [0.29, 0.717) is 26.0 Å². The smallest absolute Gasteiger partial charge is 0.347 e. The standard InChI is InChI=1S/C20H16ClN3O6S2/c1-28-15-5-4-11(21)6-13(15)18(27)30-16-8-29-12(7-14(16)25)9-31-20-24-23-19(32-20)22-17(26)10-2-3-10/h4-8,10H,2-3,9H2,1H3,(H,22,23,26). The highest BCUT2D eigenvalue weighted by molar-refractivity contribution is 8.00. The molecule has 0 bridgehead atoms. The van der Waals surface area contributed by atoms with Crippen LogP contribution in [0.1, 0.15) is 29.0 Å².